The second kappa shape index (κ2) is 10.2. The Bertz CT molecular complexity index is 1490. The number of halogens is 2. The van der Waals surface area contributed by atoms with Gasteiger partial charge in [-0.3, -0.25) is 14.5 Å². The number of nitrogens with zero attached hydrogens (tertiary/aromatic N) is 3. The predicted molar refractivity (Wildman–Crippen MR) is 143 cm³/mol. The number of rotatable bonds is 7. The molecule has 0 bridgehead atoms. The number of phenols is 1. The van der Waals surface area contributed by atoms with E-state index in [-0.39, 0.29) is 16.5 Å². The molecule has 1 aliphatic rings. The number of aromatic hydroxyl groups is 1. The molecule has 0 radical (unpaired) electrons. The molecule has 2 aromatic heterocycles. The summed E-state index contributed by atoms with van der Waals surface area (Å²) in [7, 11) is 0. The summed E-state index contributed by atoms with van der Waals surface area (Å²) in [5, 5.41) is 32.0. The van der Waals surface area contributed by atoms with Gasteiger partial charge in [-0.25, -0.2) is 0 Å². The third-order valence-corrected chi connectivity index (χ3v) is 8.93. The number of phenolic OH excluding ortho intramolecular Hbond substituents is 1. The maximum absolute atomic E-state index is 13.3. The van der Waals surface area contributed by atoms with Gasteiger partial charge in [0.15, 0.2) is 10.1 Å². The molecule has 36 heavy (non-hydrogen) atoms. The molecular formula is C24H15Cl2N3O4S3. The van der Waals surface area contributed by atoms with Gasteiger partial charge < -0.3 is 10.2 Å². The molecule has 12 heteroatoms. The van der Waals surface area contributed by atoms with Crippen LogP contribution in [0.2, 0.25) is 10.0 Å². The molecule has 1 unspecified atom stereocenters. The molecule has 5 rings (SSSR count). The zero-order valence-corrected chi connectivity index (χ0v) is 22.1. The smallest absolute Gasteiger partial charge is 0.296 e. The molecule has 0 saturated carbocycles. The molecular weight excluding hydrogens is 561 g/mol. The number of aliphatic hydroxyl groups is 1. The van der Waals surface area contributed by atoms with E-state index < -0.39 is 23.5 Å². The highest BCUT2D eigenvalue weighted by molar-refractivity contribution is 8.00. The second-order valence-electron chi connectivity index (χ2n) is 7.61. The minimum Gasteiger partial charge on any atom is -0.508 e. The average Bonchev–Trinajstić information content (AvgIpc) is 3.60. The van der Waals surface area contributed by atoms with Crippen molar-refractivity contribution < 1.29 is 19.8 Å². The third-order valence-electron chi connectivity index (χ3n) is 5.37. The van der Waals surface area contributed by atoms with Gasteiger partial charge >= 0.3 is 0 Å². The van der Waals surface area contributed by atoms with Crippen molar-refractivity contribution in [2.45, 2.75) is 16.1 Å². The fraction of sp³-hybridized carbons (Fsp3) is 0.0833. The van der Waals surface area contributed by atoms with E-state index in [0.717, 1.165) is 16.9 Å². The van der Waals surface area contributed by atoms with Crippen LogP contribution in [-0.2, 0) is 10.5 Å². The first-order valence-electron chi connectivity index (χ1n) is 10.4. The van der Waals surface area contributed by atoms with Gasteiger partial charge in [0, 0.05) is 15.8 Å². The van der Waals surface area contributed by atoms with E-state index in [1.54, 1.807) is 41.8 Å². The summed E-state index contributed by atoms with van der Waals surface area (Å²) < 4.78 is 0.575. The minimum atomic E-state index is -0.941. The van der Waals surface area contributed by atoms with Gasteiger partial charge in [0.2, 0.25) is 10.9 Å². The maximum atomic E-state index is 13.3. The van der Waals surface area contributed by atoms with E-state index in [1.165, 1.54) is 40.1 Å². The average molecular weight is 577 g/mol. The number of aromatic nitrogens is 2. The molecule has 2 aromatic carbocycles. The summed E-state index contributed by atoms with van der Waals surface area (Å²) in [6, 6.07) is 13.8. The van der Waals surface area contributed by atoms with Crippen LogP contribution in [0.1, 0.15) is 26.8 Å². The van der Waals surface area contributed by atoms with Crippen LogP contribution >= 0.6 is 57.6 Å². The van der Waals surface area contributed by atoms with Gasteiger partial charge in [-0.05, 0) is 46.8 Å². The normalized spacial score (nSPS) is 15.7. The Balaban J connectivity index is 1.48. The lowest BCUT2D eigenvalue weighted by molar-refractivity contribution is -0.117. The highest BCUT2D eigenvalue weighted by Crippen LogP contribution is 2.44. The van der Waals surface area contributed by atoms with Crippen LogP contribution in [0.15, 0.2) is 75.6 Å². The number of carbonyl (C=O) groups excluding carboxylic acids is 2. The van der Waals surface area contributed by atoms with Crippen molar-refractivity contribution in [1.29, 1.82) is 0 Å². The monoisotopic (exact) mass is 575 g/mol. The summed E-state index contributed by atoms with van der Waals surface area (Å²) >= 11 is 16.0. The Morgan fingerprint density at radius 2 is 1.86 bits per heavy atom. The van der Waals surface area contributed by atoms with Crippen molar-refractivity contribution in [3.05, 3.63) is 97.4 Å². The first-order valence-corrected chi connectivity index (χ1v) is 13.8. The van der Waals surface area contributed by atoms with E-state index in [9.17, 15) is 19.8 Å². The number of thioether (sulfide) groups is 1. The van der Waals surface area contributed by atoms with Gasteiger partial charge in [0.1, 0.15) is 5.75 Å². The van der Waals surface area contributed by atoms with Gasteiger partial charge in [0.25, 0.3) is 5.91 Å². The predicted octanol–water partition coefficient (Wildman–Crippen LogP) is 6.69. The fourth-order valence-corrected chi connectivity index (χ4v) is 6.79. The number of thiophene rings is 1. The zero-order chi connectivity index (χ0) is 25.4. The maximum Gasteiger partial charge on any atom is 0.296 e. The van der Waals surface area contributed by atoms with Crippen molar-refractivity contribution in [3.63, 3.8) is 0 Å². The first kappa shape index (κ1) is 24.8. The highest BCUT2D eigenvalue weighted by atomic mass is 35.5. The highest BCUT2D eigenvalue weighted by Gasteiger charge is 2.46. The molecule has 7 nitrogen and oxygen atoms in total. The van der Waals surface area contributed by atoms with Crippen LogP contribution in [0, 0.1) is 0 Å². The number of hydrogen-bond acceptors (Lipinski definition) is 9. The Morgan fingerprint density at radius 3 is 2.56 bits per heavy atom. The van der Waals surface area contributed by atoms with Gasteiger partial charge in [0.05, 0.1) is 16.5 Å². The van der Waals surface area contributed by atoms with Crippen molar-refractivity contribution in [3.8, 4) is 5.75 Å². The molecule has 2 N–H and O–H groups in total. The molecule has 0 spiro atoms. The van der Waals surface area contributed by atoms with E-state index >= 15 is 0 Å². The minimum absolute atomic E-state index is 0.0319. The van der Waals surface area contributed by atoms with Gasteiger partial charge in [-0.15, -0.1) is 21.5 Å². The molecule has 0 saturated heterocycles. The lowest BCUT2D eigenvalue weighted by atomic mass is 9.95. The van der Waals surface area contributed by atoms with Crippen LogP contribution < -0.4 is 4.90 Å². The van der Waals surface area contributed by atoms with Gasteiger partial charge in [-0.1, -0.05) is 70.6 Å². The second-order valence-corrected chi connectivity index (χ2v) is 11.6. The summed E-state index contributed by atoms with van der Waals surface area (Å²) in [4.78, 5) is 28.2. The van der Waals surface area contributed by atoms with Crippen LogP contribution in [0.3, 0.4) is 0 Å². The number of benzene rings is 2. The third kappa shape index (κ3) is 4.74. The molecule has 0 fully saturated rings. The molecule has 4 aromatic rings. The molecule has 1 aliphatic heterocycles. The molecule has 182 valence electrons. The zero-order valence-electron chi connectivity index (χ0n) is 18.1. The number of hydrogen-bond donors (Lipinski definition) is 2. The van der Waals surface area contributed by atoms with E-state index in [1.807, 2.05) is 6.07 Å². The largest absolute Gasteiger partial charge is 0.508 e. The van der Waals surface area contributed by atoms with Crippen molar-refractivity contribution in [2.75, 3.05) is 4.90 Å². The Hall–Kier alpha value is -2.89. The van der Waals surface area contributed by atoms with Crippen molar-refractivity contribution in [2.24, 2.45) is 0 Å². The quantitative estimate of drug-likeness (QED) is 0.144. The van der Waals surface area contributed by atoms with Crippen LogP contribution in [-0.4, -0.2) is 32.1 Å². The SMILES string of the molecule is O=C(C1=C(O)C(=O)N(c2nnc(SCc3ccc(Cl)cc3Cl)s2)C1c1ccc(O)cc1)c1cccs1. The van der Waals surface area contributed by atoms with Crippen LogP contribution in [0.5, 0.6) is 5.75 Å². The number of ketones is 1. The Morgan fingerprint density at radius 1 is 1.08 bits per heavy atom. The number of anilines is 1. The number of Topliss-reactive ketones (excluding diaryl/α,β-unsaturated/α-hetero) is 1. The van der Waals surface area contributed by atoms with Crippen molar-refractivity contribution in [1.82, 2.24) is 10.2 Å². The van der Waals surface area contributed by atoms with E-state index in [2.05, 4.69) is 10.2 Å². The fourth-order valence-electron chi connectivity index (χ4n) is 3.68. The topological polar surface area (TPSA) is 104 Å². The van der Waals surface area contributed by atoms with Crippen LogP contribution in [0.25, 0.3) is 0 Å². The Kier molecular flexibility index (Phi) is 7.05. The lowest BCUT2D eigenvalue weighted by Crippen LogP contribution is -2.30. The summed E-state index contributed by atoms with van der Waals surface area (Å²) in [6.45, 7) is 0. The summed E-state index contributed by atoms with van der Waals surface area (Å²) in [6.07, 6.45) is 0. The van der Waals surface area contributed by atoms with Crippen molar-refractivity contribution >= 4 is 74.5 Å². The number of aliphatic hydroxyl groups excluding tert-OH is 1. The van der Waals surface area contributed by atoms with Crippen LogP contribution in [0.4, 0.5) is 5.13 Å². The number of amides is 1. The summed E-state index contributed by atoms with van der Waals surface area (Å²) in [5.74, 6) is -1.30. The molecule has 1 atom stereocenters. The number of carbonyl (C=O) groups is 2. The van der Waals surface area contributed by atoms with E-state index in [0.29, 0.717) is 30.6 Å². The first-order chi connectivity index (χ1) is 17.3. The molecule has 3 heterocycles. The molecule has 0 aliphatic carbocycles. The standard InChI is InChI=1S/C24H15Cl2N3O4S3/c25-14-6-3-13(16(26)10-14)11-35-24-28-27-23(36-24)29-19(12-4-7-15(30)8-5-12)18(21(32)22(29)33)20(31)17-2-1-9-34-17/h1-10,19,30,32H,11H2. The van der Waals surface area contributed by atoms with E-state index in [4.69, 9.17) is 23.2 Å². The Labute approximate surface area is 227 Å². The van der Waals surface area contributed by atoms with Gasteiger partial charge in [-0.2, -0.15) is 0 Å². The lowest BCUT2D eigenvalue weighted by Gasteiger charge is -2.24. The molecule has 1 amide bonds. The summed E-state index contributed by atoms with van der Waals surface area (Å²) in [5.41, 5.74) is 1.35.